The number of pyridine rings is 1. The molecule has 0 bridgehead atoms. The Labute approximate surface area is 121 Å². The lowest BCUT2D eigenvalue weighted by Gasteiger charge is -2.30. The number of hydrogen-bond donors (Lipinski definition) is 1. The molecule has 2 rings (SSSR count). The van der Waals surface area contributed by atoms with Crippen molar-refractivity contribution in [3.63, 3.8) is 0 Å². The first-order valence-corrected chi connectivity index (χ1v) is 9.20. The van der Waals surface area contributed by atoms with E-state index in [0.29, 0.717) is 12.2 Å². The fraction of sp³-hybridized carbons (Fsp3) is 0.667. The molecule has 1 aliphatic rings. The van der Waals surface area contributed by atoms with Gasteiger partial charge in [-0.05, 0) is 37.9 Å². The number of hydrogen-bond acceptors (Lipinski definition) is 4. The molecule has 20 heavy (non-hydrogen) atoms. The van der Waals surface area contributed by atoms with Crippen molar-refractivity contribution in [2.75, 3.05) is 12.3 Å². The van der Waals surface area contributed by atoms with Crippen molar-refractivity contribution < 1.29 is 8.42 Å². The monoisotopic (exact) mass is 296 g/mol. The summed E-state index contributed by atoms with van der Waals surface area (Å²) in [4.78, 5) is 4.33. The van der Waals surface area contributed by atoms with E-state index in [-0.39, 0.29) is 11.3 Å². The van der Waals surface area contributed by atoms with Gasteiger partial charge in [-0.3, -0.25) is 4.98 Å². The molecule has 0 aromatic carbocycles. The van der Waals surface area contributed by atoms with E-state index >= 15 is 0 Å². The Morgan fingerprint density at radius 1 is 1.40 bits per heavy atom. The quantitative estimate of drug-likeness (QED) is 0.872. The zero-order valence-electron chi connectivity index (χ0n) is 12.1. The minimum absolute atomic E-state index is 0.0184. The molecule has 2 unspecified atom stereocenters. The van der Waals surface area contributed by atoms with E-state index in [1.165, 1.54) is 0 Å². The number of rotatable bonds is 6. The summed E-state index contributed by atoms with van der Waals surface area (Å²) in [6.07, 6.45) is 6.05. The van der Waals surface area contributed by atoms with E-state index < -0.39 is 9.84 Å². The molecular weight excluding hydrogens is 272 g/mol. The fourth-order valence-corrected chi connectivity index (χ4v) is 4.97. The molecule has 0 saturated carbocycles. The van der Waals surface area contributed by atoms with E-state index in [4.69, 9.17) is 0 Å². The first-order valence-electron chi connectivity index (χ1n) is 7.48. The molecule has 2 heterocycles. The Kier molecular flexibility index (Phi) is 5.54. The van der Waals surface area contributed by atoms with Crippen molar-refractivity contribution in [3.05, 3.63) is 30.1 Å². The van der Waals surface area contributed by atoms with Gasteiger partial charge in [-0.15, -0.1) is 0 Å². The summed E-state index contributed by atoms with van der Waals surface area (Å²) in [5, 5.41) is 3.16. The summed E-state index contributed by atoms with van der Waals surface area (Å²) in [5.74, 6) is 0.337. The fourth-order valence-electron chi connectivity index (χ4n) is 2.84. The molecule has 112 valence electrons. The first kappa shape index (κ1) is 15.4. The molecule has 1 N–H and O–H groups in total. The minimum Gasteiger partial charge on any atom is -0.312 e. The molecule has 0 aliphatic carbocycles. The third kappa shape index (κ3) is 4.03. The van der Waals surface area contributed by atoms with Gasteiger partial charge in [0.05, 0.1) is 11.0 Å². The van der Waals surface area contributed by atoms with Gasteiger partial charge in [0.15, 0.2) is 9.84 Å². The number of nitrogens with one attached hydrogen (secondary N) is 1. The number of aromatic nitrogens is 1. The van der Waals surface area contributed by atoms with Crippen LogP contribution in [0.3, 0.4) is 0 Å². The highest BCUT2D eigenvalue weighted by molar-refractivity contribution is 7.92. The molecule has 4 nitrogen and oxygen atoms in total. The van der Waals surface area contributed by atoms with E-state index in [1.54, 1.807) is 6.20 Å². The second-order valence-electron chi connectivity index (χ2n) is 5.49. The van der Waals surface area contributed by atoms with Crippen molar-refractivity contribution in [2.24, 2.45) is 0 Å². The summed E-state index contributed by atoms with van der Waals surface area (Å²) in [5.41, 5.74) is 0.960. The molecule has 1 fully saturated rings. The summed E-state index contributed by atoms with van der Waals surface area (Å²) in [6.45, 7) is 2.95. The van der Waals surface area contributed by atoms with Gasteiger partial charge in [-0.2, -0.15) is 0 Å². The third-order valence-electron chi connectivity index (χ3n) is 3.89. The normalized spacial score (nSPS) is 23.4. The maximum absolute atomic E-state index is 12.3. The summed E-state index contributed by atoms with van der Waals surface area (Å²) >= 11 is 0. The Morgan fingerprint density at radius 3 is 2.90 bits per heavy atom. The van der Waals surface area contributed by atoms with Crippen LogP contribution in [-0.2, 0) is 16.3 Å². The second kappa shape index (κ2) is 7.18. The lowest BCUT2D eigenvalue weighted by atomic mass is 10.0. The van der Waals surface area contributed by atoms with Crippen LogP contribution in [0.25, 0.3) is 0 Å². The molecular formula is C15H24N2O2S. The molecule has 2 atom stereocenters. The smallest absolute Gasteiger partial charge is 0.154 e. The largest absolute Gasteiger partial charge is 0.312 e. The van der Waals surface area contributed by atoms with Gasteiger partial charge in [-0.25, -0.2) is 8.42 Å². The Bertz CT molecular complexity index is 502. The average Bonchev–Trinajstić information content (AvgIpc) is 2.44. The Morgan fingerprint density at radius 2 is 2.25 bits per heavy atom. The lowest BCUT2D eigenvalue weighted by Crippen LogP contribution is -2.48. The van der Waals surface area contributed by atoms with Crippen LogP contribution in [-0.4, -0.2) is 37.0 Å². The van der Waals surface area contributed by atoms with Crippen molar-refractivity contribution in [2.45, 2.75) is 50.3 Å². The number of nitrogens with zero attached hydrogens (tertiary/aromatic N) is 1. The Balaban J connectivity index is 2.14. The van der Waals surface area contributed by atoms with Gasteiger partial charge < -0.3 is 5.32 Å². The van der Waals surface area contributed by atoms with Gasteiger partial charge in [0.25, 0.3) is 0 Å². The van der Waals surface area contributed by atoms with Crippen LogP contribution in [0.5, 0.6) is 0 Å². The SMILES string of the molecule is CCCNC(Cc1ccccn1)C1CCCCS1(=O)=O. The predicted molar refractivity (Wildman–Crippen MR) is 81.4 cm³/mol. The summed E-state index contributed by atoms with van der Waals surface area (Å²) < 4.78 is 24.6. The number of sulfone groups is 1. The standard InChI is InChI=1S/C15H24N2O2S/c1-2-9-17-14(12-13-7-3-5-10-16-13)15-8-4-6-11-20(15,18)19/h3,5,7,10,14-15,17H,2,4,6,8-9,11-12H2,1H3. The molecule has 0 radical (unpaired) electrons. The molecule has 0 spiro atoms. The molecule has 0 amide bonds. The topological polar surface area (TPSA) is 59.1 Å². The zero-order valence-corrected chi connectivity index (χ0v) is 12.9. The van der Waals surface area contributed by atoms with Crippen LogP contribution >= 0.6 is 0 Å². The van der Waals surface area contributed by atoms with E-state index in [0.717, 1.165) is 37.9 Å². The van der Waals surface area contributed by atoms with Crippen LogP contribution in [0.1, 0.15) is 38.3 Å². The van der Waals surface area contributed by atoms with Gasteiger partial charge in [0.2, 0.25) is 0 Å². The maximum atomic E-state index is 12.3. The van der Waals surface area contributed by atoms with Crippen LogP contribution in [0.4, 0.5) is 0 Å². The maximum Gasteiger partial charge on any atom is 0.154 e. The highest BCUT2D eigenvalue weighted by Gasteiger charge is 2.35. The average molecular weight is 296 g/mol. The molecule has 1 aliphatic heterocycles. The summed E-state index contributed by atoms with van der Waals surface area (Å²) in [7, 11) is -2.96. The highest BCUT2D eigenvalue weighted by Crippen LogP contribution is 2.24. The highest BCUT2D eigenvalue weighted by atomic mass is 32.2. The van der Waals surface area contributed by atoms with E-state index in [9.17, 15) is 8.42 Å². The zero-order chi connectivity index (χ0) is 14.4. The van der Waals surface area contributed by atoms with Crippen LogP contribution in [0.2, 0.25) is 0 Å². The third-order valence-corrected chi connectivity index (χ3v) is 6.23. The van der Waals surface area contributed by atoms with Crippen LogP contribution in [0.15, 0.2) is 24.4 Å². The first-order chi connectivity index (χ1) is 9.63. The second-order valence-corrected chi connectivity index (χ2v) is 7.83. The molecule has 5 heteroatoms. The van der Waals surface area contributed by atoms with E-state index in [2.05, 4.69) is 17.2 Å². The van der Waals surface area contributed by atoms with Crippen molar-refractivity contribution in [3.8, 4) is 0 Å². The summed E-state index contributed by atoms with van der Waals surface area (Å²) in [6, 6.07) is 5.79. The molecule has 1 aromatic rings. The van der Waals surface area contributed by atoms with Gasteiger partial charge in [-0.1, -0.05) is 19.4 Å². The molecule has 1 saturated heterocycles. The predicted octanol–water partition coefficient (Wildman–Crippen LogP) is 1.96. The lowest BCUT2D eigenvalue weighted by molar-refractivity contribution is 0.431. The van der Waals surface area contributed by atoms with Crippen LogP contribution < -0.4 is 5.32 Å². The van der Waals surface area contributed by atoms with Crippen LogP contribution in [0, 0.1) is 0 Å². The van der Waals surface area contributed by atoms with Gasteiger partial charge in [0.1, 0.15) is 0 Å². The van der Waals surface area contributed by atoms with Gasteiger partial charge >= 0.3 is 0 Å². The van der Waals surface area contributed by atoms with E-state index in [1.807, 2.05) is 18.2 Å². The Hall–Kier alpha value is -0.940. The minimum atomic E-state index is -2.96. The van der Waals surface area contributed by atoms with Crippen molar-refractivity contribution in [1.82, 2.24) is 10.3 Å². The van der Waals surface area contributed by atoms with Crippen molar-refractivity contribution in [1.29, 1.82) is 0 Å². The molecule has 1 aromatic heterocycles. The van der Waals surface area contributed by atoms with Crippen molar-refractivity contribution >= 4 is 9.84 Å². The van der Waals surface area contributed by atoms with Gasteiger partial charge in [0, 0.05) is 24.4 Å².